The topological polar surface area (TPSA) is 90.7 Å². The molecule has 0 spiro atoms. The third-order valence-corrected chi connectivity index (χ3v) is 6.25. The minimum absolute atomic E-state index is 0.0168. The Bertz CT molecular complexity index is 1520. The summed E-state index contributed by atoms with van der Waals surface area (Å²) in [5.41, 5.74) is 1.18. The Morgan fingerprint density at radius 1 is 0.765 bits per heavy atom. The molecule has 7 nitrogen and oxygen atoms in total. The summed E-state index contributed by atoms with van der Waals surface area (Å²) < 4.78 is 11.2. The zero-order valence-corrected chi connectivity index (χ0v) is 19.8. The highest BCUT2D eigenvalue weighted by Crippen LogP contribution is 2.30. The molecule has 0 aliphatic carbocycles. The van der Waals surface area contributed by atoms with Crippen molar-refractivity contribution in [2.75, 3.05) is 36.0 Å². The van der Waals surface area contributed by atoms with Crippen LogP contribution in [0, 0.1) is 11.3 Å². The predicted molar refractivity (Wildman–Crippen MR) is 136 cm³/mol. The van der Waals surface area contributed by atoms with Gasteiger partial charge >= 0.3 is 11.3 Å². The van der Waals surface area contributed by atoms with E-state index >= 15 is 0 Å². The van der Waals surface area contributed by atoms with Gasteiger partial charge in [0.1, 0.15) is 17.2 Å². The zero-order chi connectivity index (χ0) is 24.4. The molecule has 4 rings (SSSR count). The van der Waals surface area contributed by atoms with E-state index in [4.69, 9.17) is 8.83 Å². The van der Waals surface area contributed by atoms with Crippen LogP contribution in [0.4, 0.5) is 11.4 Å². The van der Waals surface area contributed by atoms with Crippen LogP contribution in [0.15, 0.2) is 60.9 Å². The fourth-order valence-electron chi connectivity index (χ4n) is 4.40. The molecule has 2 aromatic heterocycles. The average Bonchev–Trinajstić information content (AvgIpc) is 2.84. The van der Waals surface area contributed by atoms with E-state index in [1.807, 2.05) is 38.1 Å². The van der Waals surface area contributed by atoms with Crippen molar-refractivity contribution in [2.24, 2.45) is 0 Å². The lowest BCUT2D eigenvalue weighted by Gasteiger charge is -2.21. The van der Waals surface area contributed by atoms with E-state index in [2.05, 4.69) is 29.7 Å². The second-order valence-corrected chi connectivity index (χ2v) is 7.95. The van der Waals surface area contributed by atoms with Gasteiger partial charge in [-0.2, -0.15) is 5.26 Å². The van der Waals surface area contributed by atoms with Crippen LogP contribution in [0.3, 0.4) is 0 Å². The second-order valence-electron chi connectivity index (χ2n) is 7.95. The van der Waals surface area contributed by atoms with Gasteiger partial charge in [0.05, 0.1) is 16.7 Å². The van der Waals surface area contributed by atoms with Crippen molar-refractivity contribution in [2.45, 2.75) is 27.7 Å². The van der Waals surface area contributed by atoms with Crippen LogP contribution < -0.4 is 21.1 Å². The number of rotatable bonds is 7. The first-order chi connectivity index (χ1) is 16.4. The van der Waals surface area contributed by atoms with Crippen molar-refractivity contribution in [3.05, 3.63) is 68.9 Å². The van der Waals surface area contributed by atoms with Crippen molar-refractivity contribution in [3.63, 3.8) is 0 Å². The zero-order valence-electron chi connectivity index (χ0n) is 19.8. The number of fused-ring (bicyclic) bond motifs is 2. The Morgan fingerprint density at radius 2 is 1.32 bits per heavy atom. The lowest BCUT2D eigenvalue weighted by Crippen LogP contribution is -2.21. The molecule has 0 saturated heterocycles. The monoisotopic (exact) mass is 457 g/mol. The fraction of sp³-hybridized carbons (Fsp3) is 0.296. The summed E-state index contributed by atoms with van der Waals surface area (Å²) in [6.45, 7) is 11.4. The minimum Gasteiger partial charge on any atom is -0.422 e. The summed E-state index contributed by atoms with van der Waals surface area (Å²) in [6, 6.07) is 14.7. The maximum atomic E-state index is 13.0. The lowest BCUT2D eigenvalue weighted by atomic mass is 9.99. The van der Waals surface area contributed by atoms with Crippen molar-refractivity contribution in [3.8, 4) is 17.2 Å². The molecule has 0 N–H and O–H groups in total. The molecule has 0 atom stereocenters. The Kier molecular flexibility index (Phi) is 6.42. The number of anilines is 2. The third kappa shape index (κ3) is 3.92. The van der Waals surface area contributed by atoms with E-state index in [1.54, 1.807) is 18.2 Å². The summed E-state index contributed by atoms with van der Waals surface area (Å²) in [4.78, 5) is 30.2. The molecule has 34 heavy (non-hydrogen) atoms. The van der Waals surface area contributed by atoms with Gasteiger partial charge in [-0.05, 0) is 58.0 Å². The van der Waals surface area contributed by atoms with Gasteiger partial charge in [0.25, 0.3) is 0 Å². The Labute approximate surface area is 197 Å². The smallest absolute Gasteiger partial charge is 0.345 e. The molecule has 0 aliphatic heterocycles. The van der Waals surface area contributed by atoms with Crippen LogP contribution in [0.25, 0.3) is 33.1 Å². The van der Waals surface area contributed by atoms with Gasteiger partial charge < -0.3 is 18.6 Å². The summed E-state index contributed by atoms with van der Waals surface area (Å²) in [6.07, 6.45) is 0. The van der Waals surface area contributed by atoms with Gasteiger partial charge in [0.2, 0.25) is 0 Å². The maximum absolute atomic E-state index is 13.0. The number of nitrogens with zero attached hydrogens (tertiary/aromatic N) is 3. The first-order valence-corrected chi connectivity index (χ1v) is 11.5. The number of hydrogen-bond donors (Lipinski definition) is 0. The maximum Gasteiger partial charge on any atom is 0.345 e. The van der Waals surface area contributed by atoms with Gasteiger partial charge in [0, 0.05) is 60.5 Å². The molecule has 0 amide bonds. The minimum atomic E-state index is -0.743. The highest BCUT2D eigenvalue weighted by Gasteiger charge is 2.21. The van der Waals surface area contributed by atoms with Crippen LogP contribution in [-0.2, 0) is 0 Å². The number of hydrogen-bond acceptors (Lipinski definition) is 7. The summed E-state index contributed by atoms with van der Waals surface area (Å²) in [7, 11) is 0. The first-order valence-electron chi connectivity index (χ1n) is 11.5. The number of nitriles is 1. The van der Waals surface area contributed by atoms with Crippen LogP contribution in [0.1, 0.15) is 33.3 Å². The van der Waals surface area contributed by atoms with Gasteiger partial charge in [-0.3, -0.25) is 0 Å². The molecule has 0 bridgehead atoms. The molecule has 0 fully saturated rings. The highest BCUT2D eigenvalue weighted by molar-refractivity contribution is 5.93. The van der Waals surface area contributed by atoms with E-state index in [0.29, 0.717) is 21.9 Å². The van der Waals surface area contributed by atoms with E-state index in [9.17, 15) is 14.9 Å². The van der Waals surface area contributed by atoms with Crippen LogP contribution >= 0.6 is 0 Å². The van der Waals surface area contributed by atoms with Gasteiger partial charge in [-0.25, -0.2) is 9.59 Å². The molecule has 2 aromatic carbocycles. The number of benzene rings is 2. The third-order valence-electron chi connectivity index (χ3n) is 6.25. The van der Waals surface area contributed by atoms with Crippen molar-refractivity contribution < 1.29 is 8.83 Å². The highest BCUT2D eigenvalue weighted by atomic mass is 16.4. The normalized spacial score (nSPS) is 11.0. The SMILES string of the molecule is CCN(CC)c1ccc2cc(-c3c(C#N)c4ccc(N(CC)CC)cc4oc3=O)c(=O)oc2c1. The van der Waals surface area contributed by atoms with E-state index in [1.165, 1.54) is 0 Å². The molecule has 174 valence electrons. The molecule has 0 radical (unpaired) electrons. The predicted octanol–water partition coefficient (Wildman–Crippen LogP) is 5.13. The molecule has 0 unspecified atom stereocenters. The van der Waals surface area contributed by atoms with Crippen LogP contribution in [-0.4, -0.2) is 26.2 Å². The van der Waals surface area contributed by atoms with Gasteiger partial charge in [-0.1, -0.05) is 0 Å². The summed E-state index contributed by atoms with van der Waals surface area (Å²) in [5.74, 6) is 0. The van der Waals surface area contributed by atoms with E-state index in [-0.39, 0.29) is 16.7 Å². The summed E-state index contributed by atoms with van der Waals surface area (Å²) >= 11 is 0. The van der Waals surface area contributed by atoms with Crippen molar-refractivity contribution >= 4 is 33.3 Å². The van der Waals surface area contributed by atoms with Crippen molar-refractivity contribution in [1.29, 1.82) is 5.26 Å². The largest absolute Gasteiger partial charge is 0.422 e. The standard InChI is InChI=1S/C27H27N3O4/c1-5-29(6-2)18-10-9-17-13-21(26(31)33-23(17)14-18)25-22(16-28)20-12-11-19(30(7-3)8-4)15-24(20)34-27(25)32/h9-15H,5-8H2,1-4H3. The van der Waals surface area contributed by atoms with E-state index in [0.717, 1.165) is 37.6 Å². The molecule has 4 aromatic rings. The molecule has 0 saturated carbocycles. The van der Waals surface area contributed by atoms with Gasteiger partial charge in [0.15, 0.2) is 0 Å². The average molecular weight is 458 g/mol. The Morgan fingerprint density at radius 3 is 1.91 bits per heavy atom. The molecule has 0 aliphatic rings. The van der Waals surface area contributed by atoms with Gasteiger partial charge in [-0.15, -0.1) is 0 Å². The molecule has 2 heterocycles. The molecular weight excluding hydrogens is 430 g/mol. The van der Waals surface area contributed by atoms with Crippen LogP contribution in [0.5, 0.6) is 0 Å². The summed E-state index contributed by atoms with van der Waals surface area (Å²) in [5, 5.41) is 11.1. The quantitative estimate of drug-likeness (QED) is 0.355. The Hall–Kier alpha value is -4.05. The first kappa shape index (κ1) is 23.1. The lowest BCUT2D eigenvalue weighted by molar-refractivity contribution is 0.553. The molecule has 7 heteroatoms. The fourth-order valence-corrected chi connectivity index (χ4v) is 4.40. The molecular formula is C27H27N3O4. The van der Waals surface area contributed by atoms with Crippen LogP contribution in [0.2, 0.25) is 0 Å². The second kappa shape index (κ2) is 9.44. The van der Waals surface area contributed by atoms with Crippen molar-refractivity contribution in [1.82, 2.24) is 0 Å². The van der Waals surface area contributed by atoms with E-state index < -0.39 is 11.3 Å². The Balaban J connectivity index is 1.92.